The van der Waals surface area contributed by atoms with Gasteiger partial charge in [-0.05, 0) is 40.9 Å². The van der Waals surface area contributed by atoms with E-state index in [-0.39, 0.29) is 11.1 Å². The second-order valence-electron chi connectivity index (χ2n) is 7.45. The van der Waals surface area contributed by atoms with Crippen LogP contribution in [-0.2, 0) is 4.43 Å². The molecule has 0 atom stereocenters. The van der Waals surface area contributed by atoms with Gasteiger partial charge in [0.15, 0.2) is 17.3 Å². The topological polar surface area (TPSA) is 52.6 Å². The van der Waals surface area contributed by atoms with E-state index in [4.69, 9.17) is 36.5 Å². The summed E-state index contributed by atoms with van der Waals surface area (Å²) < 4.78 is 16.5. The van der Waals surface area contributed by atoms with Gasteiger partial charge in [0, 0.05) is 6.92 Å². The largest absolute Gasteiger partial charge is 0.541 e. The molecule has 0 saturated carbocycles. The Morgan fingerprint density at radius 3 is 1.59 bits per heavy atom. The molecule has 4 nitrogen and oxygen atoms in total. The molecule has 0 unspecified atom stereocenters. The summed E-state index contributed by atoms with van der Waals surface area (Å²) in [6.45, 7) is 19.1. The Kier molecular flexibility index (Phi) is 13.0. The molecular formula is C22H34Cl2O4Si. The van der Waals surface area contributed by atoms with Crippen molar-refractivity contribution < 1.29 is 18.1 Å². The summed E-state index contributed by atoms with van der Waals surface area (Å²) in [4.78, 5) is 10.4. The maximum atomic E-state index is 10.4. The van der Waals surface area contributed by atoms with Gasteiger partial charge in [-0.15, -0.1) is 23.2 Å². The minimum absolute atomic E-state index is 0.0324. The molecule has 0 spiro atoms. The molecule has 2 heterocycles. The Morgan fingerprint density at radius 1 is 0.966 bits per heavy atom. The van der Waals surface area contributed by atoms with Crippen LogP contribution in [0.25, 0.3) is 5.76 Å². The van der Waals surface area contributed by atoms with Crippen molar-refractivity contribution in [3.63, 3.8) is 0 Å². The van der Waals surface area contributed by atoms with Gasteiger partial charge >= 0.3 is 0 Å². The van der Waals surface area contributed by atoms with Gasteiger partial charge in [0.25, 0.3) is 8.32 Å². The molecule has 0 saturated heterocycles. The number of Topliss-reactive ketones (excluding diaryl/α,β-unsaturated/α-hetero) is 1. The average Bonchev–Trinajstić information content (AvgIpc) is 3.32. The highest BCUT2D eigenvalue weighted by Crippen LogP contribution is 2.44. The van der Waals surface area contributed by atoms with E-state index in [1.807, 2.05) is 12.1 Å². The first-order valence-electron chi connectivity index (χ1n) is 9.62. The van der Waals surface area contributed by atoms with E-state index in [1.165, 1.54) is 13.2 Å². The second kappa shape index (κ2) is 13.7. The van der Waals surface area contributed by atoms with Gasteiger partial charge in [-0.1, -0.05) is 48.1 Å². The highest BCUT2D eigenvalue weighted by atomic mass is 35.5. The highest BCUT2D eigenvalue weighted by molar-refractivity contribution is 6.78. The smallest absolute Gasteiger partial charge is 0.258 e. The van der Waals surface area contributed by atoms with Crippen molar-refractivity contribution >= 4 is 43.1 Å². The molecule has 0 radical (unpaired) electrons. The summed E-state index contributed by atoms with van der Waals surface area (Å²) in [6.07, 6.45) is 3.14. The molecule has 0 fully saturated rings. The molecule has 2 aromatic rings. The van der Waals surface area contributed by atoms with Crippen molar-refractivity contribution in [1.29, 1.82) is 0 Å². The van der Waals surface area contributed by atoms with Crippen molar-refractivity contribution in [3.05, 3.63) is 54.9 Å². The van der Waals surface area contributed by atoms with E-state index in [0.717, 1.165) is 5.76 Å². The highest BCUT2D eigenvalue weighted by Gasteiger charge is 2.47. The number of hydrogen-bond donors (Lipinski definition) is 0. The molecule has 0 aliphatic carbocycles. The summed E-state index contributed by atoms with van der Waals surface area (Å²) >= 11 is 9.53. The minimum Gasteiger partial charge on any atom is -0.541 e. The van der Waals surface area contributed by atoms with Crippen LogP contribution in [0.3, 0.4) is 0 Å². The summed E-state index contributed by atoms with van der Waals surface area (Å²) in [5.74, 6) is 1.82. The van der Waals surface area contributed by atoms with Gasteiger partial charge in [-0.25, -0.2) is 0 Å². The van der Waals surface area contributed by atoms with Gasteiger partial charge in [-0.3, -0.25) is 4.79 Å². The number of alkyl halides is 2. The predicted molar refractivity (Wildman–Crippen MR) is 125 cm³/mol. The minimum atomic E-state index is -1.91. The van der Waals surface area contributed by atoms with Gasteiger partial charge in [0.1, 0.15) is 5.76 Å². The Labute approximate surface area is 186 Å². The van der Waals surface area contributed by atoms with E-state index in [0.29, 0.717) is 28.1 Å². The zero-order chi connectivity index (χ0) is 22.6. The van der Waals surface area contributed by atoms with Crippen molar-refractivity contribution in [2.45, 2.75) is 65.1 Å². The summed E-state index contributed by atoms with van der Waals surface area (Å²) in [7, 11) is -1.91. The first-order valence-corrected chi connectivity index (χ1v) is 12.8. The molecule has 0 N–H and O–H groups in total. The molecule has 0 bridgehead atoms. The molecule has 164 valence electrons. The van der Waals surface area contributed by atoms with E-state index < -0.39 is 8.32 Å². The summed E-state index contributed by atoms with van der Waals surface area (Å²) in [6, 6.07) is 7.11. The van der Waals surface area contributed by atoms with Crippen molar-refractivity contribution in [2.75, 3.05) is 5.34 Å². The molecule has 29 heavy (non-hydrogen) atoms. The van der Waals surface area contributed by atoms with Gasteiger partial charge < -0.3 is 13.3 Å². The number of carbonyl (C=O) groups is 1. The monoisotopic (exact) mass is 460 g/mol. The lowest BCUT2D eigenvalue weighted by Crippen LogP contribution is -2.47. The van der Waals surface area contributed by atoms with Crippen LogP contribution in [0.5, 0.6) is 0 Å². The Balaban J connectivity index is 0.000000586. The zero-order valence-corrected chi connectivity index (χ0v) is 21.0. The third kappa shape index (κ3) is 8.45. The first kappa shape index (κ1) is 27.6. The average molecular weight is 462 g/mol. The van der Waals surface area contributed by atoms with Crippen LogP contribution in [0.2, 0.25) is 16.6 Å². The number of hydrogen-bond acceptors (Lipinski definition) is 4. The third-order valence-corrected chi connectivity index (χ3v) is 10.7. The SMILES string of the molecule is C=C(O[Si](C(C)C)(C(C)C)C(C)C)c1ccco1.CC(=O)c1ccco1.ClCCl. The van der Waals surface area contributed by atoms with Crippen LogP contribution in [0, 0.1) is 0 Å². The van der Waals surface area contributed by atoms with Crippen LogP contribution < -0.4 is 0 Å². The molecular weight excluding hydrogens is 427 g/mol. The second-order valence-corrected chi connectivity index (χ2v) is 13.6. The lowest BCUT2D eigenvalue weighted by molar-refractivity contribution is 0.0987. The fourth-order valence-electron chi connectivity index (χ4n) is 3.53. The van der Waals surface area contributed by atoms with Crippen LogP contribution >= 0.6 is 23.2 Å². The lowest BCUT2D eigenvalue weighted by Gasteiger charge is -2.42. The van der Waals surface area contributed by atoms with Crippen LogP contribution in [0.15, 0.2) is 52.2 Å². The van der Waals surface area contributed by atoms with Gasteiger partial charge in [0.05, 0.1) is 17.9 Å². The van der Waals surface area contributed by atoms with E-state index >= 15 is 0 Å². The fraction of sp³-hybridized carbons (Fsp3) is 0.500. The molecule has 2 aromatic heterocycles. The van der Waals surface area contributed by atoms with Crippen LogP contribution in [-0.4, -0.2) is 19.4 Å². The normalized spacial score (nSPS) is 10.9. The van der Waals surface area contributed by atoms with Crippen molar-refractivity contribution in [2.24, 2.45) is 0 Å². The van der Waals surface area contributed by atoms with Gasteiger partial charge in [0.2, 0.25) is 0 Å². The third-order valence-electron chi connectivity index (χ3n) is 4.67. The molecule has 7 heteroatoms. The quantitative estimate of drug-likeness (QED) is 0.180. The molecule has 0 aromatic carbocycles. The standard InChI is InChI=1S/C15H26O2Si.C6H6O2.CH2Cl2/c1-11(2)18(12(3)4,13(5)6)17-14(7)15-9-8-10-16-15;1-5(7)6-3-2-4-8-6;2-1-3/h8-13H,7H2,1-6H3;2-4H,1H3;1H2. The maximum absolute atomic E-state index is 10.4. The number of carbonyl (C=O) groups excluding carboxylic acids is 1. The van der Waals surface area contributed by atoms with E-state index in [2.05, 4.69) is 48.1 Å². The maximum Gasteiger partial charge on any atom is 0.258 e. The number of rotatable bonds is 7. The van der Waals surface area contributed by atoms with Crippen molar-refractivity contribution in [3.8, 4) is 0 Å². The first-order chi connectivity index (χ1) is 13.5. The molecule has 0 aliphatic rings. The van der Waals surface area contributed by atoms with Crippen LogP contribution in [0.4, 0.5) is 0 Å². The number of furan rings is 2. The lowest BCUT2D eigenvalue weighted by atomic mass is 10.3. The number of ketones is 1. The Hall–Kier alpha value is -1.43. The zero-order valence-electron chi connectivity index (χ0n) is 18.5. The summed E-state index contributed by atoms with van der Waals surface area (Å²) in [5, 5.41) is 0.194. The molecule has 2 rings (SSSR count). The number of halogens is 2. The van der Waals surface area contributed by atoms with E-state index in [9.17, 15) is 4.79 Å². The Morgan fingerprint density at radius 2 is 1.34 bits per heavy atom. The fourth-order valence-corrected chi connectivity index (χ4v) is 8.77. The van der Waals surface area contributed by atoms with Crippen molar-refractivity contribution in [1.82, 2.24) is 0 Å². The van der Waals surface area contributed by atoms with E-state index in [1.54, 1.807) is 18.4 Å². The molecule has 0 amide bonds. The van der Waals surface area contributed by atoms with Crippen LogP contribution in [0.1, 0.15) is 64.8 Å². The molecule has 0 aliphatic heterocycles. The predicted octanol–water partition coefficient (Wildman–Crippen LogP) is 8.35. The summed E-state index contributed by atoms with van der Waals surface area (Å²) in [5.41, 5.74) is 1.64. The van der Waals surface area contributed by atoms with Gasteiger partial charge in [-0.2, -0.15) is 0 Å². The Bertz CT molecular complexity index is 671.